The second kappa shape index (κ2) is 6.69. The summed E-state index contributed by atoms with van der Waals surface area (Å²) in [5.74, 6) is 0.0543. The zero-order chi connectivity index (χ0) is 11.1. The van der Waals surface area contributed by atoms with Crippen LogP contribution in [0.15, 0.2) is 35.9 Å². The Balaban J connectivity index is 2.74. The molecule has 15 heavy (non-hydrogen) atoms. The summed E-state index contributed by atoms with van der Waals surface area (Å²) in [6.07, 6.45) is 0. The summed E-state index contributed by atoms with van der Waals surface area (Å²) in [5, 5.41) is 0. The van der Waals surface area contributed by atoms with Crippen molar-refractivity contribution in [3.05, 3.63) is 41.4 Å². The van der Waals surface area contributed by atoms with Crippen molar-refractivity contribution in [1.82, 2.24) is 0 Å². The lowest BCUT2D eigenvalue weighted by Crippen LogP contribution is -1.88. The summed E-state index contributed by atoms with van der Waals surface area (Å²) in [5.41, 5.74) is 1.58. The second-order valence-corrected chi connectivity index (χ2v) is 3.42. The smallest absolute Gasteiger partial charge is 0.422 e. The van der Waals surface area contributed by atoms with Crippen molar-refractivity contribution in [3.63, 3.8) is 0 Å². The summed E-state index contributed by atoms with van der Waals surface area (Å²) in [7, 11) is -2.71. The van der Waals surface area contributed by atoms with Crippen LogP contribution in [0.25, 0.3) is 5.76 Å². The topological polar surface area (TPSA) is 27.7 Å². The fourth-order valence-electron chi connectivity index (χ4n) is 0.857. The van der Waals surface area contributed by atoms with Gasteiger partial charge < -0.3 is 4.52 Å². The lowest BCUT2D eigenvalue weighted by atomic mass is 10.2. The van der Waals surface area contributed by atoms with E-state index in [-0.39, 0.29) is 5.76 Å². The van der Waals surface area contributed by atoms with Gasteiger partial charge in [0, 0.05) is 11.1 Å². The molecule has 0 saturated heterocycles. The van der Waals surface area contributed by atoms with E-state index in [9.17, 15) is 9.05 Å². The molecule has 0 radical (unpaired) electrons. The highest BCUT2D eigenvalue weighted by Gasteiger charge is 2.18. The Kier molecular flexibility index (Phi) is 5.50. The van der Waals surface area contributed by atoms with Crippen LogP contribution in [0, 0.1) is 0 Å². The SMILES string of the molecule is FOP(OF)O/C(=C/Cl)c1ccccc1. The molecule has 82 valence electrons. The van der Waals surface area contributed by atoms with Crippen molar-refractivity contribution in [2.24, 2.45) is 0 Å². The van der Waals surface area contributed by atoms with Gasteiger partial charge in [0.15, 0.2) is 0 Å². The predicted molar refractivity (Wildman–Crippen MR) is 52.7 cm³/mol. The summed E-state index contributed by atoms with van der Waals surface area (Å²) in [6, 6.07) is 8.51. The zero-order valence-corrected chi connectivity index (χ0v) is 8.92. The van der Waals surface area contributed by atoms with Gasteiger partial charge in [-0.1, -0.05) is 51.4 Å². The van der Waals surface area contributed by atoms with Gasteiger partial charge in [-0.25, -0.2) is 0 Å². The first-order chi connectivity index (χ1) is 7.31. The minimum Gasteiger partial charge on any atom is -0.422 e. The van der Waals surface area contributed by atoms with E-state index >= 15 is 0 Å². The molecular formula is C8H6ClF2O3P. The van der Waals surface area contributed by atoms with Crippen molar-refractivity contribution in [2.45, 2.75) is 0 Å². The number of rotatable bonds is 5. The van der Waals surface area contributed by atoms with Crippen molar-refractivity contribution < 1.29 is 23.0 Å². The first-order valence-corrected chi connectivity index (χ1v) is 5.26. The fourth-order valence-corrected chi connectivity index (χ4v) is 1.49. The molecule has 1 rings (SSSR count). The standard InChI is InChI=1S/C8H6ClF2O3P/c9-6-8(12-15(13-10)14-11)7-4-2-1-3-5-7/h1-6H/b8-6+. The molecule has 0 unspecified atom stereocenters. The van der Waals surface area contributed by atoms with Crippen LogP contribution in [0.5, 0.6) is 0 Å². The average Bonchev–Trinajstić information content (AvgIpc) is 2.32. The van der Waals surface area contributed by atoms with Crippen LogP contribution in [0.4, 0.5) is 9.05 Å². The Morgan fingerprint density at radius 3 is 2.27 bits per heavy atom. The molecule has 0 amide bonds. The van der Waals surface area contributed by atoms with Gasteiger partial charge in [0.2, 0.25) is 0 Å². The molecule has 0 fully saturated rings. The third-order valence-electron chi connectivity index (χ3n) is 1.44. The van der Waals surface area contributed by atoms with E-state index in [4.69, 9.17) is 11.6 Å². The lowest BCUT2D eigenvalue weighted by molar-refractivity contribution is -0.0881. The maximum absolute atomic E-state index is 11.6. The Bertz CT molecular complexity index is 319. The van der Waals surface area contributed by atoms with E-state index in [0.717, 1.165) is 5.54 Å². The quantitative estimate of drug-likeness (QED) is 0.580. The highest BCUT2D eigenvalue weighted by molar-refractivity contribution is 7.41. The van der Waals surface area contributed by atoms with Gasteiger partial charge in [-0.3, -0.25) is 0 Å². The molecule has 1 aromatic carbocycles. The van der Waals surface area contributed by atoms with Gasteiger partial charge in [-0.15, -0.1) is 0 Å². The zero-order valence-electron chi connectivity index (χ0n) is 7.27. The van der Waals surface area contributed by atoms with Crippen molar-refractivity contribution in [1.29, 1.82) is 0 Å². The lowest BCUT2D eigenvalue weighted by Gasteiger charge is -2.10. The summed E-state index contributed by atoms with van der Waals surface area (Å²) >= 11 is 5.43. The highest BCUT2D eigenvalue weighted by Crippen LogP contribution is 2.44. The molecule has 0 N–H and O–H groups in total. The third-order valence-corrected chi connectivity index (χ3v) is 2.21. The number of halogens is 3. The number of hydrogen-bond donors (Lipinski definition) is 0. The normalized spacial score (nSPS) is 11.9. The van der Waals surface area contributed by atoms with Crippen LogP contribution < -0.4 is 0 Å². The van der Waals surface area contributed by atoms with Gasteiger partial charge in [-0.2, -0.15) is 0 Å². The Morgan fingerprint density at radius 2 is 1.80 bits per heavy atom. The minimum atomic E-state index is -2.71. The summed E-state index contributed by atoms with van der Waals surface area (Å²) < 4.78 is 34.2. The predicted octanol–water partition coefficient (Wildman–Crippen LogP) is 4.27. The van der Waals surface area contributed by atoms with Gasteiger partial charge >= 0.3 is 8.60 Å². The van der Waals surface area contributed by atoms with E-state index in [0.29, 0.717) is 5.56 Å². The van der Waals surface area contributed by atoms with Gasteiger partial charge in [0.05, 0.1) is 0 Å². The van der Waals surface area contributed by atoms with E-state index in [2.05, 4.69) is 14.0 Å². The van der Waals surface area contributed by atoms with E-state index < -0.39 is 8.60 Å². The van der Waals surface area contributed by atoms with Gasteiger partial charge in [0.25, 0.3) is 0 Å². The van der Waals surface area contributed by atoms with Crippen LogP contribution in [-0.2, 0) is 14.0 Å². The van der Waals surface area contributed by atoms with Crippen LogP contribution in [0.2, 0.25) is 0 Å². The number of benzene rings is 1. The van der Waals surface area contributed by atoms with Crippen LogP contribution >= 0.6 is 20.2 Å². The molecule has 0 spiro atoms. The molecule has 0 aliphatic heterocycles. The van der Waals surface area contributed by atoms with Crippen molar-refractivity contribution in [3.8, 4) is 0 Å². The molecule has 0 heterocycles. The van der Waals surface area contributed by atoms with Crippen LogP contribution in [0.3, 0.4) is 0 Å². The molecule has 0 bridgehead atoms. The molecule has 0 atom stereocenters. The summed E-state index contributed by atoms with van der Waals surface area (Å²) in [4.78, 5) is 0. The van der Waals surface area contributed by atoms with E-state index in [1.165, 1.54) is 0 Å². The highest BCUT2D eigenvalue weighted by atomic mass is 35.5. The Morgan fingerprint density at radius 1 is 1.20 bits per heavy atom. The van der Waals surface area contributed by atoms with Gasteiger partial charge in [0.1, 0.15) is 5.76 Å². The molecule has 3 nitrogen and oxygen atoms in total. The van der Waals surface area contributed by atoms with E-state index in [1.54, 1.807) is 30.3 Å². The molecule has 0 aliphatic rings. The molecule has 7 heteroatoms. The maximum Gasteiger partial charge on any atom is 0.465 e. The first-order valence-electron chi connectivity index (χ1n) is 3.73. The largest absolute Gasteiger partial charge is 0.465 e. The fraction of sp³-hybridized carbons (Fsp3) is 0. The second-order valence-electron chi connectivity index (χ2n) is 2.29. The van der Waals surface area contributed by atoms with Crippen LogP contribution in [0.1, 0.15) is 5.56 Å². The molecule has 0 aliphatic carbocycles. The van der Waals surface area contributed by atoms with Crippen molar-refractivity contribution >= 4 is 26.0 Å². The minimum absolute atomic E-state index is 0.0543. The maximum atomic E-state index is 11.6. The monoisotopic (exact) mass is 254 g/mol. The van der Waals surface area contributed by atoms with E-state index in [1.807, 2.05) is 0 Å². The summed E-state index contributed by atoms with van der Waals surface area (Å²) in [6.45, 7) is 0. The first kappa shape index (κ1) is 12.3. The Labute approximate surface area is 91.0 Å². The molecule has 1 aromatic rings. The van der Waals surface area contributed by atoms with Gasteiger partial charge in [-0.05, 0) is 9.05 Å². The van der Waals surface area contributed by atoms with Crippen LogP contribution in [-0.4, -0.2) is 0 Å². The molecular weight excluding hydrogens is 249 g/mol. The average molecular weight is 255 g/mol. The third kappa shape index (κ3) is 3.72. The Hall–Kier alpha value is -0.740. The number of hydrogen-bond acceptors (Lipinski definition) is 3. The molecule has 0 aromatic heterocycles. The molecule has 0 saturated carbocycles. The van der Waals surface area contributed by atoms with Crippen molar-refractivity contribution in [2.75, 3.05) is 0 Å².